The van der Waals surface area contributed by atoms with Crippen LogP contribution in [0.25, 0.3) is 0 Å². The highest BCUT2D eigenvalue weighted by atomic mass is 16.3. The standard InChI is InChI=1S/C17H26N2O2/c1-12(2-3-13-4-10-16(20)11-5-13)19-15-8-6-14(7-9-15)17(18)21/h4-5,10-12,14-15,19-20H,2-3,6-9H2,1H3,(H2,18,21). The van der Waals surface area contributed by atoms with E-state index in [4.69, 9.17) is 5.73 Å². The molecule has 1 aromatic carbocycles. The number of benzene rings is 1. The molecule has 4 N–H and O–H groups in total. The molecule has 1 amide bonds. The van der Waals surface area contributed by atoms with Crippen LogP contribution in [-0.4, -0.2) is 23.1 Å². The zero-order valence-corrected chi connectivity index (χ0v) is 12.7. The number of nitrogens with one attached hydrogen (secondary N) is 1. The van der Waals surface area contributed by atoms with Crippen molar-refractivity contribution in [3.63, 3.8) is 0 Å². The van der Waals surface area contributed by atoms with Crippen molar-refractivity contribution in [2.75, 3.05) is 0 Å². The van der Waals surface area contributed by atoms with E-state index in [1.807, 2.05) is 12.1 Å². The van der Waals surface area contributed by atoms with Crippen LogP contribution in [-0.2, 0) is 11.2 Å². The van der Waals surface area contributed by atoms with Gasteiger partial charge in [-0.05, 0) is 63.1 Å². The van der Waals surface area contributed by atoms with Crippen LogP contribution in [0, 0.1) is 5.92 Å². The van der Waals surface area contributed by atoms with Crippen molar-refractivity contribution in [3.8, 4) is 5.75 Å². The van der Waals surface area contributed by atoms with Gasteiger partial charge in [0.05, 0.1) is 0 Å². The van der Waals surface area contributed by atoms with Crippen molar-refractivity contribution in [1.29, 1.82) is 0 Å². The molecule has 1 saturated carbocycles. The molecule has 0 spiro atoms. The Morgan fingerprint density at radius 3 is 2.48 bits per heavy atom. The Hall–Kier alpha value is -1.55. The monoisotopic (exact) mass is 290 g/mol. The fraction of sp³-hybridized carbons (Fsp3) is 0.588. The number of phenolic OH excluding ortho intramolecular Hbond substituents is 1. The SMILES string of the molecule is CC(CCc1ccc(O)cc1)NC1CCC(C(N)=O)CC1. The van der Waals surface area contributed by atoms with Crippen LogP contribution in [0.5, 0.6) is 5.75 Å². The normalized spacial score (nSPS) is 23.7. The Bertz CT molecular complexity index is 450. The van der Waals surface area contributed by atoms with Gasteiger partial charge >= 0.3 is 0 Å². The highest BCUT2D eigenvalue weighted by Gasteiger charge is 2.25. The molecule has 0 bridgehead atoms. The van der Waals surface area contributed by atoms with Crippen LogP contribution < -0.4 is 11.1 Å². The Kier molecular flexibility index (Phi) is 5.62. The van der Waals surface area contributed by atoms with Crippen molar-refractivity contribution in [2.45, 2.75) is 57.5 Å². The van der Waals surface area contributed by atoms with E-state index in [0.717, 1.165) is 38.5 Å². The second kappa shape index (κ2) is 7.46. The van der Waals surface area contributed by atoms with Gasteiger partial charge in [0.2, 0.25) is 5.91 Å². The highest BCUT2D eigenvalue weighted by molar-refractivity contribution is 5.76. The Morgan fingerprint density at radius 2 is 1.90 bits per heavy atom. The molecule has 4 heteroatoms. The minimum atomic E-state index is -0.145. The minimum Gasteiger partial charge on any atom is -0.508 e. The molecule has 0 aliphatic heterocycles. The predicted molar refractivity (Wildman–Crippen MR) is 84.0 cm³/mol. The quantitative estimate of drug-likeness (QED) is 0.753. The Morgan fingerprint density at radius 1 is 1.29 bits per heavy atom. The molecular formula is C17H26N2O2. The molecular weight excluding hydrogens is 264 g/mol. The lowest BCUT2D eigenvalue weighted by molar-refractivity contribution is -0.122. The van der Waals surface area contributed by atoms with Crippen molar-refractivity contribution >= 4 is 5.91 Å². The summed E-state index contributed by atoms with van der Waals surface area (Å²) < 4.78 is 0. The zero-order valence-electron chi connectivity index (χ0n) is 12.7. The van der Waals surface area contributed by atoms with Crippen LogP contribution in [0.4, 0.5) is 0 Å². The summed E-state index contributed by atoms with van der Waals surface area (Å²) in [5.74, 6) is 0.250. The molecule has 0 saturated heterocycles. The molecule has 2 rings (SSSR count). The first-order valence-electron chi connectivity index (χ1n) is 7.88. The molecule has 1 unspecified atom stereocenters. The van der Waals surface area contributed by atoms with E-state index in [1.54, 1.807) is 12.1 Å². The van der Waals surface area contributed by atoms with Gasteiger partial charge in [-0.15, -0.1) is 0 Å². The first kappa shape index (κ1) is 15.8. The second-order valence-electron chi connectivity index (χ2n) is 6.22. The largest absolute Gasteiger partial charge is 0.508 e. The summed E-state index contributed by atoms with van der Waals surface area (Å²) in [6.45, 7) is 2.21. The number of aromatic hydroxyl groups is 1. The summed E-state index contributed by atoms with van der Waals surface area (Å²) in [4.78, 5) is 11.2. The smallest absolute Gasteiger partial charge is 0.220 e. The number of carbonyl (C=O) groups is 1. The minimum absolute atomic E-state index is 0.0790. The Balaban J connectivity index is 1.69. The summed E-state index contributed by atoms with van der Waals surface area (Å²) in [5, 5.41) is 12.9. The van der Waals surface area contributed by atoms with E-state index >= 15 is 0 Å². The molecule has 4 nitrogen and oxygen atoms in total. The topological polar surface area (TPSA) is 75.3 Å². The molecule has 1 atom stereocenters. The summed E-state index contributed by atoms with van der Waals surface area (Å²) in [7, 11) is 0. The lowest BCUT2D eigenvalue weighted by Crippen LogP contribution is -2.41. The lowest BCUT2D eigenvalue weighted by Gasteiger charge is -2.30. The van der Waals surface area contributed by atoms with Crippen LogP contribution >= 0.6 is 0 Å². The number of rotatable bonds is 6. The fourth-order valence-corrected chi connectivity index (χ4v) is 3.08. The number of carbonyl (C=O) groups excluding carboxylic acids is 1. The Labute approximate surface area is 126 Å². The molecule has 116 valence electrons. The van der Waals surface area contributed by atoms with Crippen molar-refractivity contribution in [2.24, 2.45) is 11.7 Å². The highest BCUT2D eigenvalue weighted by Crippen LogP contribution is 2.24. The third-order valence-electron chi connectivity index (χ3n) is 4.45. The maximum atomic E-state index is 11.2. The first-order chi connectivity index (χ1) is 10.0. The van der Waals surface area contributed by atoms with E-state index in [9.17, 15) is 9.90 Å². The summed E-state index contributed by atoms with van der Waals surface area (Å²) in [6, 6.07) is 8.38. The maximum absolute atomic E-state index is 11.2. The number of nitrogens with two attached hydrogens (primary N) is 1. The van der Waals surface area contributed by atoms with E-state index in [2.05, 4.69) is 12.2 Å². The zero-order chi connectivity index (χ0) is 15.2. The van der Waals surface area contributed by atoms with Crippen LogP contribution in [0.3, 0.4) is 0 Å². The van der Waals surface area contributed by atoms with Gasteiger partial charge in [-0.3, -0.25) is 4.79 Å². The number of aryl methyl sites for hydroxylation is 1. The molecule has 0 heterocycles. The van der Waals surface area contributed by atoms with Crippen molar-refractivity contribution in [1.82, 2.24) is 5.32 Å². The first-order valence-corrected chi connectivity index (χ1v) is 7.88. The molecule has 1 aliphatic rings. The van der Waals surface area contributed by atoms with Gasteiger partial charge in [-0.2, -0.15) is 0 Å². The van der Waals surface area contributed by atoms with Gasteiger partial charge in [0.15, 0.2) is 0 Å². The van der Waals surface area contributed by atoms with Crippen LogP contribution in [0.1, 0.15) is 44.6 Å². The summed E-state index contributed by atoms with van der Waals surface area (Å²) in [5.41, 5.74) is 6.61. The molecule has 0 radical (unpaired) electrons. The number of amides is 1. The number of primary amides is 1. The average molecular weight is 290 g/mol. The average Bonchev–Trinajstić information content (AvgIpc) is 2.47. The number of phenols is 1. The molecule has 1 aliphatic carbocycles. The summed E-state index contributed by atoms with van der Waals surface area (Å²) in [6.07, 6.45) is 5.98. The second-order valence-corrected chi connectivity index (χ2v) is 6.22. The van der Waals surface area contributed by atoms with E-state index in [1.165, 1.54) is 5.56 Å². The number of hydrogen-bond donors (Lipinski definition) is 3. The summed E-state index contributed by atoms with van der Waals surface area (Å²) >= 11 is 0. The van der Waals surface area contributed by atoms with Gasteiger partial charge in [0.1, 0.15) is 5.75 Å². The van der Waals surface area contributed by atoms with Gasteiger partial charge in [-0.25, -0.2) is 0 Å². The third-order valence-corrected chi connectivity index (χ3v) is 4.45. The number of hydrogen-bond acceptors (Lipinski definition) is 3. The van der Waals surface area contributed by atoms with Gasteiger partial charge in [-0.1, -0.05) is 12.1 Å². The molecule has 0 aromatic heterocycles. The third kappa shape index (κ3) is 5.05. The van der Waals surface area contributed by atoms with E-state index in [0.29, 0.717) is 17.8 Å². The van der Waals surface area contributed by atoms with Crippen molar-refractivity contribution in [3.05, 3.63) is 29.8 Å². The molecule has 1 fully saturated rings. The van der Waals surface area contributed by atoms with Crippen molar-refractivity contribution < 1.29 is 9.90 Å². The van der Waals surface area contributed by atoms with Gasteiger partial charge in [0, 0.05) is 18.0 Å². The van der Waals surface area contributed by atoms with E-state index in [-0.39, 0.29) is 11.8 Å². The molecule has 1 aromatic rings. The van der Waals surface area contributed by atoms with E-state index < -0.39 is 0 Å². The van der Waals surface area contributed by atoms with Crippen LogP contribution in [0.2, 0.25) is 0 Å². The maximum Gasteiger partial charge on any atom is 0.220 e. The lowest BCUT2D eigenvalue weighted by atomic mass is 9.85. The predicted octanol–water partition coefficient (Wildman–Crippen LogP) is 2.35. The van der Waals surface area contributed by atoms with Crippen LogP contribution in [0.15, 0.2) is 24.3 Å². The fourth-order valence-electron chi connectivity index (χ4n) is 3.08. The van der Waals surface area contributed by atoms with Gasteiger partial charge < -0.3 is 16.2 Å². The molecule has 21 heavy (non-hydrogen) atoms. The van der Waals surface area contributed by atoms with Gasteiger partial charge in [0.25, 0.3) is 0 Å².